The van der Waals surface area contributed by atoms with E-state index in [4.69, 9.17) is 5.73 Å². The molecular formula is C16H21N9O6. The number of carbonyl (C=O) groups is 2. The van der Waals surface area contributed by atoms with Crippen molar-refractivity contribution in [2.45, 2.75) is 0 Å². The fourth-order valence-corrected chi connectivity index (χ4v) is 2.62. The van der Waals surface area contributed by atoms with Gasteiger partial charge >= 0.3 is 11.4 Å². The minimum atomic E-state index is -0.796. The topological polar surface area (TPSA) is 197 Å². The van der Waals surface area contributed by atoms with Crippen LogP contribution < -0.4 is 38.9 Å². The first-order valence-corrected chi connectivity index (χ1v) is 8.74. The van der Waals surface area contributed by atoms with Crippen LogP contribution in [0, 0.1) is 0 Å². The van der Waals surface area contributed by atoms with Gasteiger partial charge in [0, 0.05) is 28.2 Å². The normalized spacial score (nSPS) is 11.0. The second kappa shape index (κ2) is 9.02. The third kappa shape index (κ3) is 4.34. The van der Waals surface area contributed by atoms with Crippen molar-refractivity contribution in [2.24, 2.45) is 44.2 Å². The zero-order valence-corrected chi connectivity index (χ0v) is 17.2. The van der Waals surface area contributed by atoms with Crippen molar-refractivity contribution in [1.29, 1.82) is 0 Å². The summed E-state index contributed by atoms with van der Waals surface area (Å²) in [5, 5.41) is 12.8. The Labute approximate surface area is 173 Å². The van der Waals surface area contributed by atoms with E-state index in [1.807, 2.05) is 0 Å². The lowest BCUT2D eigenvalue weighted by molar-refractivity contribution is -0.116. The molecule has 0 unspecified atom stereocenters. The monoisotopic (exact) mass is 435 g/mol. The minimum Gasteiger partial charge on any atom is -0.371 e. The van der Waals surface area contributed by atoms with Gasteiger partial charge < -0.3 is 21.2 Å². The Kier molecular flexibility index (Phi) is 6.69. The number of hydrogen-bond acceptors (Lipinski definition) is 10. The highest BCUT2D eigenvalue weighted by atomic mass is 16.2. The maximum atomic E-state index is 12.5. The molecule has 2 aromatic heterocycles. The molecular weight excluding hydrogens is 414 g/mol. The molecule has 31 heavy (non-hydrogen) atoms. The van der Waals surface area contributed by atoms with Gasteiger partial charge in [-0.2, -0.15) is 0 Å². The molecule has 15 heteroatoms. The molecule has 0 spiro atoms. The number of anilines is 2. The number of nitrogens with zero attached hydrogens (tertiary/aromatic N) is 6. The fourth-order valence-electron chi connectivity index (χ4n) is 2.62. The van der Waals surface area contributed by atoms with Gasteiger partial charge in [0.25, 0.3) is 11.1 Å². The summed E-state index contributed by atoms with van der Waals surface area (Å²) in [6.45, 7) is -0.668. The maximum absolute atomic E-state index is 12.5. The minimum absolute atomic E-state index is 0.194. The predicted molar refractivity (Wildman–Crippen MR) is 110 cm³/mol. The van der Waals surface area contributed by atoms with E-state index in [0.717, 1.165) is 18.3 Å². The second-order valence-electron chi connectivity index (χ2n) is 6.38. The molecule has 2 aromatic rings. The van der Waals surface area contributed by atoms with E-state index < -0.39 is 34.9 Å². The molecule has 1 amide bonds. The molecule has 4 N–H and O–H groups in total. The van der Waals surface area contributed by atoms with Crippen molar-refractivity contribution in [3.8, 4) is 0 Å². The first-order chi connectivity index (χ1) is 14.5. The first kappa shape index (κ1) is 23.0. The van der Waals surface area contributed by atoms with Crippen molar-refractivity contribution >= 4 is 35.2 Å². The van der Waals surface area contributed by atoms with Gasteiger partial charge in [0.2, 0.25) is 5.91 Å². The summed E-state index contributed by atoms with van der Waals surface area (Å²) in [4.78, 5) is 71.3. The van der Waals surface area contributed by atoms with Crippen LogP contribution in [0.25, 0.3) is 0 Å². The Morgan fingerprint density at radius 1 is 0.839 bits per heavy atom. The lowest BCUT2D eigenvalue weighted by atomic mass is 10.4. The van der Waals surface area contributed by atoms with Gasteiger partial charge in [-0.25, -0.2) is 9.59 Å². The van der Waals surface area contributed by atoms with Gasteiger partial charge in [-0.15, -0.1) is 10.2 Å². The van der Waals surface area contributed by atoms with Crippen molar-refractivity contribution in [3.63, 3.8) is 0 Å². The molecule has 0 aliphatic carbocycles. The SMILES string of the molecule is Cn1c(/N=N\c2c(NCC(N)=O)c(=O)n(C)c(=O)n2C)c(NCC=O)c(=O)n(C)c1=O. The number of amides is 1. The Morgan fingerprint density at radius 2 is 1.26 bits per heavy atom. The standard InChI is InChI=1S/C16H21N9O6/c1-22-11(9(18-5-6-26)13(28)24(3)15(22)30)20-21-12-10(19-7-8(17)27)14(29)25(4)16(31)23(12)2/h6,18-19H,5,7H2,1-4H3,(H2,17,27)/b21-20-. The van der Waals surface area contributed by atoms with E-state index in [1.54, 1.807) is 0 Å². The summed E-state index contributed by atoms with van der Waals surface area (Å²) in [6.07, 6.45) is 0.502. The van der Waals surface area contributed by atoms with Crippen LogP contribution in [0.3, 0.4) is 0 Å². The average molecular weight is 435 g/mol. The zero-order valence-electron chi connectivity index (χ0n) is 17.2. The summed E-state index contributed by atoms with van der Waals surface area (Å²) in [5.41, 5.74) is 1.65. The van der Waals surface area contributed by atoms with Crippen molar-refractivity contribution in [1.82, 2.24) is 18.3 Å². The predicted octanol–water partition coefficient (Wildman–Crippen LogP) is -2.60. The number of nitrogens with two attached hydrogens (primary N) is 1. The summed E-state index contributed by atoms with van der Waals surface area (Å²) >= 11 is 0. The molecule has 0 saturated heterocycles. The lowest BCUT2D eigenvalue weighted by Gasteiger charge is -2.13. The quantitative estimate of drug-likeness (QED) is 0.296. The summed E-state index contributed by atoms with van der Waals surface area (Å²) < 4.78 is 3.56. The maximum Gasteiger partial charge on any atom is 0.332 e. The molecule has 2 rings (SSSR count). The molecule has 0 aliphatic rings. The smallest absolute Gasteiger partial charge is 0.332 e. The zero-order chi connectivity index (χ0) is 23.5. The van der Waals surface area contributed by atoms with Crippen LogP contribution in [-0.4, -0.2) is 43.6 Å². The van der Waals surface area contributed by atoms with E-state index in [2.05, 4.69) is 20.9 Å². The number of rotatable bonds is 8. The lowest BCUT2D eigenvalue weighted by Crippen LogP contribution is -2.39. The van der Waals surface area contributed by atoms with Crippen LogP contribution in [0.2, 0.25) is 0 Å². The fraction of sp³-hybridized carbons (Fsp3) is 0.375. The third-order valence-electron chi connectivity index (χ3n) is 4.31. The Morgan fingerprint density at radius 3 is 1.65 bits per heavy atom. The third-order valence-corrected chi connectivity index (χ3v) is 4.31. The molecule has 0 aromatic carbocycles. The van der Waals surface area contributed by atoms with Crippen molar-refractivity contribution in [2.75, 3.05) is 23.7 Å². The Hall–Kier alpha value is -4.30. The molecule has 0 saturated carbocycles. The van der Waals surface area contributed by atoms with Crippen LogP contribution in [0.15, 0.2) is 29.4 Å². The van der Waals surface area contributed by atoms with Gasteiger partial charge in [0.05, 0.1) is 13.1 Å². The van der Waals surface area contributed by atoms with E-state index in [-0.39, 0.29) is 29.6 Å². The largest absolute Gasteiger partial charge is 0.371 e. The van der Waals surface area contributed by atoms with E-state index in [0.29, 0.717) is 6.29 Å². The number of carbonyl (C=O) groups excluding carboxylic acids is 2. The number of primary amides is 1. The van der Waals surface area contributed by atoms with Crippen LogP contribution in [0.1, 0.15) is 0 Å². The highest BCUT2D eigenvalue weighted by Crippen LogP contribution is 2.24. The van der Waals surface area contributed by atoms with Crippen LogP contribution in [-0.2, 0) is 37.8 Å². The van der Waals surface area contributed by atoms with Gasteiger partial charge in [-0.3, -0.25) is 32.7 Å². The van der Waals surface area contributed by atoms with Gasteiger partial charge in [0.1, 0.15) is 17.7 Å². The number of nitrogens with one attached hydrogen (secondary N) is 2. The number of aldehydes is 1. The van der Waals surface area contributed by atoms with Crippen molar-refractivity contribution < 1.29 is 9.59 Å². The van der Waals surface area contributed by atoms with Gasteiger partial charge in [0.15, 0.2) is 11.6 Å². The van der Waals surface area contributed by atoms with E-state index in [1.165, 1.54) is 28.2 Å². The van der Waals surface area contributed by atoms with Crippen LogP contribution in [0.4, 0.5) is 23.0 Å². The first-order valence-electron chi connectivity index (χ1n) is 8.74. The van der Waals surface area contributed by atoms with Gasteiger partial charge in [-0.1, -0.05) is 0 Å². The second-order valence-corrected chi connectivity index (χ2v) is 6.38. The average Bonchev–Trinajstić information content (AvgIpc) is 2.74. The van der Waals surface area contributed by atoms with Crippen LogP contribution >= 0.6 is 0 Å². The summed E-state index contributed by atoms with van der Waals surface area (Å²) in [5.74, 6) is -1.29. The highest BCUT2D eigenvalue weighted by Gasteiger charge is 2.18. The Balaban J connectivity index is 2.78. The number of hydrogen-bond donors (Lipinski definition) is 3. The number of azo groups is 1. The summed E-state index contributed by atoms with van der Waals surface area (Å²) in [6, 6.07) is 0. The number of aromatic nitrogens is 4. The van der Waals surface area contributed by atoms with E-state index >= 15 is 0 Å². The molecule has 166 valence electrons. The molecule has 0 atom stereocenters. The van der Waals surface area contributed by atoms with Crippen LogP contribution in [0.5, 0.6) is 0 Å². The van der Waals surface area contributed by atoms with Crippen molar-refractivity contribution in [3.05, 3.63) is 41.7 Å². The molecule has 15 nitrogen and oxygen atoms in total. The van der Waals surface area contributed by atoms with Gasteiger partial charge in [-0.05, 0) is 0 Å². The molecule has 2 heterocycles. The Bertz CT molecular complexity index is 1310. The molecule has 0 radical (unpaired) electrons. The molecule has 0 fully saturated rings. The van der Waals surface area contributed by atoms with E-state index in [9.17, 15) is 28.8 Å². The summed E-state index contributed by atoms with van der Waals surface area (Å²) in [7, 11) is 5.10. The molecule has 0 aliphatic heterocycles. The highest BCUT2D eigenvalue weighted by molar-refractivity contribution is 5.79. The molecule has 0 bridgehead atoms.